The number of carbonyl (C=O) groups excluding carboxylic acids is 3. The van der Waals surface area contributed by atoms with Gasteiger partial charge in [0.25, 0.3) is 11.1 Å². The van der Waals surface area contributed by atoms with Gasteiger partial charge in [0.15, 0.2) is 11.5 Å². The topological polar surface area (TPSA) is 84.9 Å². The van der Waals surface area contributed by atoms with Gasteiger partial charge in [-0.2, -0.15) is 0 Å². The number of nitrogens with zero attached hydrogens (tertiary/aromatic N) is 1. The molecule has 2 heterocycles. The Kier molecular flexibility index (Phi) is 4.36. The number of amides is 3. The number of rotatable bonds is 5. The molecule has 2 aliphatic heterocycles. The van der Waals surface area contributed by atoms with Gasteiger partial charge in [-0.3, -0.25) is 19.3 Å². The molecule has 0 unspecified atom stereocenters. The van der Waals surface area contributed by atoms with E-state index in [9.17, 15) is 14.4 Å². The summed E-state index contributed by atoms with van der Waals surface area (Å²) in [6, 6.07) is 5.35. The molecule has 1 saturated heterocycles. The molecule has 2 atom stereocenters. The van der Waals surface area contributed by atoms with Gasteiger partial charge in [0.2, 0.25) is 12.7 Å². The first-order chi connectivity index (χ1) is 12.5. The largest absolute Gasteiger partial charge is 0.454 e. The van der Waals surface area contributed by atoms with Crippen LogP contribution in [0.4, 0.5) is 4.79 Å². The second kappa shape index (κ2) is 6.68. The quantitative estimate of drug-likeness (QED) is 0.796. The van der Waals surface area contributed by atoms with Crippen molar-refractivity contribution < 1.29 is 23.9 Å². The van der Waals surface area contributed by atoms with Crippen molar-refractivity contribution in [2.45, 2.75) is 13.3 Å². The number of ether oxygens (including phenoxy) is 2. The number of thioether (sulfide) groups is 1. The fourth-order valence-corrected chi connectivity index (χ4v) is 3.82. The molecule has 0 spiro atoms. The third-order valence-corrected chi connectivity index (χ3v) is 5.56. The van der Waals surface area contributed by atoms with Crippen molar-refractivity contribution in [1.29, 1.82) is 0 Å². The zero-order valence-electron chi connectivity index (χ0n) is 14.2. The molecule has 8 heteroatoms. The van der Waals surface area contributed by atoms with E-state index in [1.807, 2.05) is 6.92 Å². The Morgan fingerprint density at radius 1 is 1.35 bits per heavy atom. The van der Waals surface area contributed by atoms with Gasteiger partial charge < -0.3 is 14.8 Å². The van der Waals surface area contributed by atoms with Crippen LogP contribution in [0, 0.1) is 11.8 Å². The average molecular weight is 374 g/mol. The molecule has 1 saturated carbocycles. The standard InChI is InChI=1S/C18H18N2O5S/c1-10-6-12(10)16(21)19-4-5-20-17(22)15(26-18(20)23)8-11-2-3-13-14(7-11)25-9-24-13/h2-3,7-8,10,12H,4-6,9H2,1H3,(H,19,21)/b15-8-/t10-,12+/m1/s1. The van der Waals surface area contributed by atoms with E-state index < -0.39 is 0 Å². The summed E-state index contributed by atoms with van der Waals surface area (Å²) < 4.78 is 10.6. The fourth-order valence-electron chi connectivity index (χ4n) is 2.96. The molecule has 1 aromatic rings. The summed E-state index contributed by atoms with van der Waals surface area (Å²) in [5.74, 6) is 1.45. The van der Waals surface area contributed by atoms with Crippen LogP contribution in [-0.4, -0.2) is 41.8 Å². The minimum atomic E-state index is -0.341. The Morgan fingerprint density at radius 3 is 2.88 bits per heavy atom. The van der Waals surface area contributed by atoms with E-state index in [1.165, 1.54) is 4.90 Å². The van der Waals surface area contributed by atoms with E-state index in [1.54, 1.807) is 24.3 Å². The molecule has 3 amide bonds. The minimum Gasteiger partial charge on any atom is -0.454 e. The predicted octanol–water partition coefficient (Wildman–Crippen LogP) is 2.22. The Hall–Kier alpha value is -2.48. The maximum Gasteiger partial charge on any atom is 0.293 e. The molecule has 0 radical (unpaired) electrons. The molecule has 7 nitrogen and oxygen atoms in total. The summed E-state index contributed by atoms with van der Waals surface area (Å²) in [4.78, 5) is 37.9. The van der Waals surface area contributed by atoms with Gasteiger partial charge in [-0.1, -0.05) is 13.0 Å². The highest BCUT2D eigenvalue weighted by Crippen LogP contribution is 2.38. The van der Waals surface area contributed by atoms with E-state index in [2.05, 4.69) is 5.32 Å². The Morgan fingerprint density at radius 2 is 2.12 bits per heavy atom. The van der Waals surface area contributed by atoms with Crippen molar-refractivity contribution in [2.75, 3.05) is 19.9 Å². The van der Waals surface area contributed by atoms with Crippen LogP contribution in [0.5, 0.6) is 11.5 Å². The zero-order valence-corrected chi connectivity index (χ0v) is 15.0. The summed E-state index contributed by atoms with van der Waals surface area (Å²) >= 11 is 0.902. The van der Waals surface area contributed by atoms with Gasteiger partial charge >= 0.3 is 0 Å². The van der Waals surface area contributed by atoms with Crippen molar-refractivity contribution in [3.8, 4) is 11.5 Å². The number of imide groups is 1. The minimum absolute atomic E-state index is 0.000346. The van der Waals surface area contributed by atoms with Crippen molar-refractivity contribution in [3.05, 3.63) is 28.7 Å². The summed E-state index contributed by atoms with van der Waals surface area (Å²) in [5, 5.41) is 2.47. The highest BCUT2D eigenvalue weighted by atomic mass is 32.2. The first-order valence-electron chi connectivity index (χ1n) is 8.45. The number of fused-ring (bicyclic) bond motifs is 1. The average Bonchev–Trinajstić information content (AvgIpc) is 3.07. The highest BCUT2D eigenvalue weighted by Gasteiger charge is 2.39. The maximum absolute atomic E-state index is 12.5. The SMILES string of the molecule is C[C@@H]1C[C@@H]1C(=O)NCCN1C(=O)S/C(=C\c2ccc3c(c2)OCO3)C1=O. The molecule has 0 aromatic heterocycles. The lowest BCUT2D eigenvalue weighted by atomic mass is 10.2. The van der Waals surface area contributed by atoms with Crippen LogP contribution in [-0.2, 0) is 9.59 Å². The van der Waals surface area contributed by atoms with E-state index in [4.69, 9.17) is 9.47 Å². The molecule has 2 fully saturated rings. The van der Waals surface area contributed by atoms with Gasteiger partial charge in [0.05, 0.1) is 4.91 Å². The van der Waals surface area contributed by atoms with Gasteiger partial charge in [-0.25, -0.2) is 0 Å². The number of benzene rings is 1. The summed E-state index contributed by atoms with van der Waals surface area (Å²) in [6.07, 6.45) is 2.57. The number of hydrogen-bond donors (Lipinski definition) is 1. The molecule has 0 bridgehead atoms. The molecule has 136 valence electrons. The third-order valence-electron chi connectivity index (χ3n) is 4.65. The second-order valence-electron chi connectivity index (χ2n) is 6.56. The van der Waals surface area contributed by atoms with Gasteiger partial charge in [-0.15, -0.1) is 0 Å². The van der Waals surface area contributed by atoms with E-state index in [-0.39, 0.29) is 42.9 Å². The van der Waals surface area contributed by atoms with Crippen LogP contribution >= 0.6 is 11.8 Å². The molecule has 3 aliphatic rings. The van der Waals surface area contributed by atoms with Crippen molar-refractivity contribution in [2.24, 2.45) is 11.8 Å². The number of nitrogens with one attached hydrogen (secondary N) is 1. The molecular weight excluding hydrogens is 356 g/mol. The summed E-state index contributed by atoms with van der Waals surface area (Å²) in [7, 11) is 0. The van der Waals surface area contributed by atoms with Gasteiger partial charge in [0.1, 0.15) is 0 Å². The second-order valence-corrected chi connectivity index (χ2v) is 7.55. The maximum atomic E-state index is 12.5. The lowest BCUT2D eigenvalue weighted by Gasteiger charge is -2.12. The molecule has 1 aliphatic carbocycles. The monoisotopic (exact) mass is 374 g/mol. The molecule has 1 N–H and O–H groups in total. The first-order valence-corrected chi connectivity index (χ1v) is 9.27. The predicted molar refractivity (Wildman–Crippen MR) is 95.5 cm³/mol. The lowest BCUT2D eigenvalue weighted by molar-refractivity contribution is -0.125. The number of carbonyl (C=O) groups is 3. The Bertz CT molecular complexity index is 822. The van der Waals surface area contributed by atoms with Crippen molar-refractivity contribution >= 4 is 34.9 Å². The van der Waals surface area contributed by atoms with Crippen LogP contribution in [0.1, 0.15) is 18.9 Å². The van der Waals surface area contributed by atoms with Gasteiger partial charge in [-0.05, 0) is 47.9 Å². The lowest BCUT2D eigenvalue weighted by Crippen LogP contribution is -2.37. The van der Waals surface area contributed by atoms with Crippen molar-refractivity contribution in [1.82, 2.24) is 10.2 Å². The Labute approximate surface area is 154 Å². The summed E-state index contributed by atoms with van der Waals surface area (Å²) in [6.45, 7) is 2.66. The number of hydrogen-bond acceptors (Lipinski definition) is 6. The van der Waals surface area contributed by atoms with E-state index in [0.717, 1.165) is 23.7 Å². The first kappa shape index (κ1) is 17.0. The van der Waals surface area contributed by atoms with E-state index >= 15 is 0 Å². The smallest absolute Gasteiger partial charge is 0.293 e. The van der Waals surface area contributed by atoms with Crippen LogP contribution < -0.4 is 14.8 Å². The van der Waals surface area contributed by atoms with Crippen LogP contribution in [0.2, 0.25) is 0 Å². The summed E-state index contributed by atoms with van der Waals surface area (Å²) in [5.41, 5.74) is 0.760. The van der Waals surface area contributed by atoms with Gasteiger partial charge in [0, 0.05) is 19.0 Å². The molecule has 1 aromatic carbocycles. The molecular formula is C18H18N2O5S. The normalized spacial score (nSPS) is 25.1. The van der Waals surface area contributed by atoms with Crippen LogP contribution in [0.15, 0.2) is 23.1 Å². The van der Waals surface area contributed by atoms with Crippen LogP contribution in [0.3, 0.4) is 0 Å². The Balaban J connectivity index is 1.38. The molecule has 4 rings (SSSR count). The van der Waals surface area contributed by atoms with Crippen LogP contribution in [0.25, 0.3) is 6.08 Å². The van der Waals surface area contributed by atoms with E-state index in [0.29, 0.717) is 22.3 Å². The third kappa shape index (κ3) is 3.29. The molecule has 26 heavy (non-hydrogen) atoms. The fraction of sp³-hybridized carbons (Fsp3) is 0.389. The van der Waals surface area contributed by atoms with Crippen molar-refractivity contribution in [3.63, 3.8) is 0 Å². The zero-order chi connectivity index (χ0) is 18.3. The highest BCUT2D eigenvalue weighted by molar-refractivity contribution is 8.18.